The first-order valence-electron chi connectivity index (χ1n) is 6.78. The Labute approximate surface area is 116 Å². The van der Waals surface area contributed by atoms with Gasteiger partial charge in [-0.15, -0.1) is 0 Å². The zero-order valence-electron chi connectivity index (χ0n) is 11.3. The summed E-state index contributed by atoms with van der Waals surface area (Å²) < 4.78 is 42.4. The van der Waals surface area contributed by atoms with E-state index >= 15 is 0 Å². The molecule has 0 spiro atoms. The maximum Gasteiger partial charge on any atom is 0.389 e. The van der Waals surface area contributed by atoms with Crippen molar-refractivity contribution >= 4 is 11.0 Å². The first-order valence-corrected chi connectivity index (χ1v) is 6.78. The smallest absolute Gasteiger partial charge is 0.389 e. The first kappa shape index (κ1) is 14.9. The fraction of sp³-hybridized carbons (Fsp3) is 0.467. The fourth-order valence-electron chi connectivity index (χ4n) is 2.27. The summed E-state index contributed by atoms with van der Waals surface area (Å²) in [5, 5.41) is 4.16. The Morgan fingerprint density at radius 2 is 2.00 bits per heavy atom. The molecular weight excluding hydrogens is 267 g/mol. The molecule has 2 aromatic rings. The molecule has 1 N–H and O–H groups in total. The van der Waals surface area contributed by atoms with Gasteiger partial charge in [0, 0.05) is 11.8 Å². The van der Waals surface area contributed by atoms with Crippen molar-refractivity contribution in [2.45, 2.75) is 38.4 Å². The second-order valence-corrected chi connectivity index (χ2v) is 4.80. The molecule has 0 aliphatic heterocycles. The minimum atomic E-state index is -4.09. The summed E-state index contributed by atoms with van der Waals surface area (Å²) in [6.07, 6.45) is -4.34. The summed E-state index contributed by atoms with van der Waals surface area (Å²) in [7, 11) is 0. The quantitative estimate of drug-likeness (QED) is 0.823. The van der Waals surface area contributed by atoms with Gasteiger partial charge in [0.05, 0.1) is 6.04 Å². The van der Waals surface area contributed by atoms with E-state index in [-0.39, 0.29) is 12.5 Å². The highest BCUT2D eigenvalue weighted by atomic mass is 19.4. The third-order valence-corrected chi connectivity index (χ3v) is 3.19. The molecule has 1 unspecified atom stereocenters. The third kappa shape index (κ3) is 4.00. The van der Waals surface area contributed by atoms with Crippen LogP contribution in [-0.2, 0) is 0 Å². The number of halogens is 3. The van der Waals surface area contributed by atoms with Gasteiger partial charge in [-0.1, -0.05) is 25.1 Å². The summed E-state index contributed by atoms with van der Waals surface area (Å²) in [6, 6.07) is 9.30. The number of furan rings is 1. The monoisotopic (exact) mass is 285 g/mol. The molecule has 0 aliphatic rings. The lowest BCUT2D eigenvalue weighted by Crippen LogP contribution is -2.21. The topological polar surface area (TPSA) is 25.2 Å². The van der Waals surface area contributed by atoms with E-state index in [1.165, 1.54) is 0 Å². The predicted octanol–water partition coefficient (Wildman–Crippen LogP) is 4.82. The van der Waals surface area contributed by atoms with Crippen LogP contribution in [0.25, 0.3) is 11.0 Å². The van der Waals surface area contributed by atoms with E-state index in [2.05, 4.69) is 5.32 Å². The van der Waals surface area contributed by atoms with Crippen molar-refractivity contribution < 1.29 is 17.6 Å². The SMILES string of the molecule is CCNC(CCCC(F)(F)F)c1cc2ccccc2o1. The van der Waals surface area contributed by atoms with Crippen molar-refractivity contribution in [1.82, 2.24) is 5.32 Å². The number of rotatable bonds is 6. The second-order valence-electron chi connectivity index (χ2n) is 4.80. The molecule has 1 heterocycles. The summed E-state index contributed by atoms with van der Waals surface area (Å²) in [6.45, 7) is 2.62. The standard InChI is InChI=1S/C15H18F3NO/c1-2-19-12(7-5-9-15(16,17)18)14-10-11-6-3-4-8-13(11)20-14/h3-4,6,8,10,12,19H,2,5,7,9H2,1H3. The lowest BCUT2D eigenvalue weighted by atomic mass is 10.1. The Bertz CT molecular complexity index is 514. The van der Waals surface area contributed by atoms with Crippen LogP contribution in [0.15, 0.2) is 34.7 Å². The van der Waals surface area contributed by atoms with Crippen LogP contribution >= 0.6 is 0 Å². The Kier molecular flexibility index (Phi) is 4.70. The van der Waals surface area contributed by atoms with E-state index < -0.39 is 12.6 Å². The van der Waals surface area contributed by atoms with Crippen molar-refractivity contribution in [2.75, 3.05) is 6.54 Å². The van der Waals surface area contributed by atoms with Crippen LogP contribution < -0.4 is 5.32 Å². The number of benzene rings is 1. The number of para-hydroxylation sites is 1. The molecule has 0 aliphatic carbocycles. The Balaban J connectivity index is 2.07. The fourth-order valence-corrected chi connectivity index (χ4v) is 2.27. The average molecular weight is 285 g/mol. The van der Waals surface area contributed by atoms with Gasteiger partial charge in [-0.25, -0.2) is 0 Å². The van der Waals surface area contributed by atoms with Gasteiger partial charge < -0.3 is 9.73 Å². The van der Waals surface area contributed by atoms with E-state index in [1.54, 1.807) is 0 Å². The summed E-state index contributed by atoms with van der Waals surface area (Å²) in [5.74, 6) is 0.704. The van der Waals surface area contributed by atoms with Gasteiger partial charge in [0.1, 0.15) is 11.3 Å². The largest absolute Gasteiger partial charge is 0.459 e. The molecule has 0 fully saturated rings. The highest BCUT2D eigenvalue weighted by Gasteiger charge is 2.27. The molecule has 0 saturated carbocycles. The van der Waals surface area contributed by atoms with Crippen LogP contribution in [0, 0.1) is 0 Å². The number of nitrogens with one attached hydrogen (secondary N) is 1. The molecule has 2 rings (SSSR count). The van der Waals surface area contributed by atoms with Crippen LogP contribution in [0.3, 0.4) is 0 Å². The molecule has 1 aromatic carbocycles. The molecule has 0 radical (unpaired) electrons. The Hall–Kier alpha value is -1.49. The molecule has 110 valence electrons. The highest BCUT2D eigenvalue weighted by molar-refractivity contribution is 5.77. The van der Waals surface area contributed by atoms with Gasteiger partial charge in [-0.3, -0.25) is 0 Å². The van der Waals surface area contributed by atoms with Crippen LogP contribution in [-0.4, -0.2) is 12.7 Å². The van der Waals surface area contributed by atoms with Crippen LogP contribution in [0.5, 0.6) is 0 Å². The van der Waals surface area contributed by atoms with E-state index in [0.717, 1.165) is 11.0 Å². The highest BCUT2D eigenvalue weighted by Crippen LogP contribution is 2.29. The predicted molar refractivity (Wildman–Crippen MR) is 72.5 cm³/mol. The first-order chi connectivity index (χ1) is 9.49. The van der Waals surface area contributed by atoms with E-state index in [1.807, 2.05) is 37.3 Å². The Morgan fingerprint density at radius 3 is 2.65 bits per heavy atom. The number of hydrogen-bond donors (Lipinski definition) is 1. The summed E-state index contributed by atoms with van der Waals surface area (Å²) in [4.78, 5) is 0. The van der Waals surface area contributed by atoms with Crippen molar-refractivity contribution in [2.24, 2.45) is 0 Å². The maximum atomic E-state index is 12.2. The van der Waals surface area contributed by atoms with E-state index in [9.17, 15) is 13.2 Å². The minimum absolute atomic E-state index is 0.0954. The normalized spacial score (nSPS) is 13.8. The average Bonchev–Trinajstić information content (AvgIpc) is 2.80. The number of fused-ring (bicyclic) bond motifs is 1. The van der Waals surface area contributed by atoms with Gasteiger partial charge in [-0.2, -0.15) is 13.2 Å². The molecule has 0 amide bonds. The zero-order chi connectivity index (χ0) is 14.6. The van der Waals surface area contributed by atoms with Crippen LogP contribution in [0.2, 0.25) is 0 Å². The maximum absolute atomic E-state index is 12.2. The molecule has 2 nitrogen and oxygen atoms in total. The molecule has 0 bridgehead atoms. The van der Waals surface area contributed by atoms with Gasteiger partial charge in [0.2, 0.25) is 0 Å². The number of alkyl halides is 3. The van der Waals surface area contributed by atoms with Crippen molar-refractivity contribution in [3.8, 4) is 0 Å². The number of hydrogen-bond acceptors (Lipinski definition) is 2. The van der Waals surface area contributed by atoms with Crippen LogP contribution in [0.1, 0.15) is 38.0 Å². The van der Waals surface area contributed by atoms with Crippen molar-refractivity contribution in [1.29, 1.82) is 0 Å². The third-order valence-electron chi connectivity index (χ3n) is 3.19. The molecule has 1 atom stereocenters. The molecule has 5 heteroatoms. The summed E-state index contributed by atoms with van der Waals surface area (Å²) >= 11 is 0. The molecule has 0 saturated heterocycles. The zero-order valence-corrected chi connectivity index (χ0v) is 11.3. The van der Waals surface area contributed by atoms with E-state index in [0.29, 0.717) is 18.7 Å². The molecule has 1 aromatic heterocycles. The summed E-state index contributed by atoms with van der Waals surface area (Å²) in [5.41, 5.74) is 0.765. The lowest BCUT2D eigenvalue weighted by molar-refractivity contribution is -0.135. The molecule has 20 heavy (non-hydrogen) atoms. The van der Waals surface area contributed by atoms with Crippen molar-refractivity contribution in [3.63, 3.8) is 0 Å². The van der Waals surface area contributed by atoms with Crippen LogP contribution in [0.4, 0.5) is 13.2 Å². The van der Waals surface area contributed by atoms with Crippen molar-refractivity contribution in [3.05, 3.63) is 36.1 Å². The molecular formula is C15H18F3NO. The second kappa shape index (κ2) is 6.31. The van der Waals surface area contributed by atoms with Gasteiger partial charge >= 0.3 is 6.18 Å². The lowest BCUT2D eigenvalue weighted by Gasteiger charge is -2.15. The van der Waals surface area contributed by atoms with Gasteiger partial charge in [0.15, 0.2) is 0 Å². The Morgan fingerprint density at radius 1 is 1.25 bits per heavy atom. The van der Waals surface area contributed by atoms with Gasteiger partial charge in [0.25, 0.3) is 0 Å². The van der Waals surface area contributed by atoms with Gasteiger partial charge in [-0.05, 0) is 31.5 Å². The minimum Gasteiger partial charge on any atom is -0.459 e. The van der Waals surface area contributed by atoms with E-state index in [4.69, 9.17) is 4.42 Å².